The number of aryl methyl sites for hydroxylation is 1. The lowest BCUT2D eigenvalue weighted by atomic mass is 9.91. The molecule has 2 N–H and O–H groups in total. The Morgan fingerprint density at radius 1 is 1.47 bits per heavy atom. The minimum atomic E-state index is -0.463. The van der Waals surface area contributed by atoms with Crippen molar-refractivity contribution < 1.29 is 9.18 Å². The Kier molecular flexibility index (Phi) is 3.05. The van der Waals surface area contributed by atoms with Crippen LogP contribution in [0, 0.1) is 12.7 Å². The SMILES string of the molecule is Cc1cc(N)cc(C(=O)N(C)C2CCC2)c1F. The second-order valence-corrected chi connectivity index (χ2v) is 4.70. The van der Waals surface area contributed by atoms with E-state index in [9.17, 15) is 9.18 Å². The third-order valence-electron chi connectivity index (χ3n) is 3.45. The molecule has 0 bridgehead atoms. The van der Waals surface area contributed by atoms with Gasteiger partial charge in [0.2, 0.25) is 0 Å². The summed E-state index contributed by atoms with van der Waals surface area (Å²) in [6, 6.07) is 3.21. The Morgan fingerprint density at radius 3 is 2.65 bits per heavy atom. The molecule has 4 heteroatoms. The summed E-state index contributed by atoms with van der Waals surface area (Å²) in [4.78, 5) is 13.8. The Bertz CT molecular complexity index is 455. The van der Waals surface area contributed by atoms with E-state index in [0.717, 1.165) is 19.3 Å². The van der Waals surface area contributed by atoms with Crippen molar-refractivity contribution >= 4 is 11.6 Å². The standard InChI is InChI=1S/C13H17FN2O/c1-8-6-9(15)7-11(12(8)14)13(17)16(2)10-4-3-5-10/h6-7,10H,3-5,15H2,1-2H3. The van der Waals surface area contributed by atoms with E-state index in [0.29, 0.717) is 11.3 Å². The van der Waals surface area contributed by atoms with Crippen LogP contribution in [0.3, 0.4) is 0 Å². The molecule has 0 atom stereocenters. The third-order valence-corrected chi connectivity index (χ3v) is 3.45. The van der Waals surface area contributed by atoms with Crippen molar-refractivity contribution in [2.24, 2.45) is 0 Å². The van der Waals surface area contributed by atoms with Gasteiger partial charge in [-0.3, -0.25) is 4.79 Å². The summed E-state index contributed by atoms with van der Waals surface area (Å²) in [6.07, 6.45) is 3.15. The highest BCUT2D eigenvalue weighted by molar-refractivity contribution is 5.95. The number of nitrogens with zero attached hydrogens (tertiary/aromatic N) is 1. The molecule has 0 radical (unpaired) electrons. The van der Waals surface area contributed by atoms with Crippen LogP contribution in [0.4, 0.5) is 10.1 Å². The number of hydrogen-bond acceptors (Lipinski definition) is 2. The Balaban J connectivity index is 2.29. The van der Waals surface area contributed by atoms with E-state index in [2.05, 4.69) is 0 Å². The van der Waals surface area contributed by atoms with Crippen molar-refractivity contribution in [2.45, 2.75) is 32.2 Å². The molecule has 1 aliphatic carbocycles. The van der Waals surface area contributed by atoms with Gasteiger partial charge in [-0.15, -0.1) is 0 Å². The molecule has 1 saturated carbocycles. The van der Waals surface area contributed by atoms with Crippen LogP contribution < -0.4 is 5.73 Å². The maximum atomic E-state index is 13.9. The summed E-state index contributed by atoms with van der Waals surface area (Å²) in [5.41, 5.74) is 6.57. The molecule has 0 heterocycles. The number of nitrogens with two attached hydrogens (primary N) is 1. The molecule has 1 aromatic rings. The van der Waals surface area contributed by atoms with Crippen LogP contribution in [0.5, 0.6) is 0 Å². The minimum absolute atomic E-state index is 0.0805. The number of benzene rings is 1. The van der Waals surface area contributed by atoms with Crippen molar-refractivity contribution in [2.75, 3.05) is 12.8 Å². The summed E-state index contributed by atoms with van der Waals surface area (Å²) in [5, 5.41) is 0. The van der Waals surface area contributed by atoms with Crippen LogP contribution in [0.25, 0.3) is 0 Å². The first kappa shape index (κ1) is 11.9. The van der Waals surface area contributed by atoms with Gasteiger partial charge < -0.3 is 10.6 Å². The fourth-order valence-electron chi connectivity index (χ4n) is 2.08. The van der Waals surface area contributed by atoms with E-state index in [1.807, 2.05) is 0 Å². The summed E-state index contributed by atoms with van der Waals surface area (Å²) < 4.78 is 13.9. The number of rotatable bonds is 2. The summed E-state index contributed by atoms with van der Waals surface area (Å²) in [6.45, 7) is 1.62. The highest BCUT2D eigenvalue weighted by atomic mass is 19.1. The first-order valence-corrected chi connectivity index (χ1v) is 5.83. The van der Waals surface area contributed by atoms with Crippen LogP contribution >= 0.6 is 0 Å². The van der Waals surface area contributed by atoms with Crippen LogP contribution in [0.15, 0.2) is 12.1 Å². The second kappa shape index (κ2) is 4.35. The van der Waals surface area contributed by atoms with E-state index in [1.54, 1.807) is 18.9 Å². The molecule has 1 amide bonds. The molecule has 0 aliphatic heterocycles. The lowest BCUT2D eigenvalue weighted by Gasteiger charge is -2.34. The fourth-order valence-corrected chi connectivity index (χ4v) is 2.08. The lowest BCUT2D eigenvalue weighted by molar-refractivity contribution is 0.0647. The topological polar surface area (TPSA) is 46.3 Å². The van der Waals surface area contributed by atoms with Gasteiger partial charge >= 0.3 is 0 Å². The van der Waals surface area contributed by atoms with E-state index in [1.165, 1.54) is 12.1 Å². The average Bonchev–Trinajstić information content (AvgIpc) is 2.19. The largest absolute Gasteiger partial charge is 0.399 e. The van der Waals surface area contributed by atoms with Gasteiger partial charge in [-0.1, -0.05) is 0 Å². The fraction of sp³-hybridized carbons (Fsp3) is 0.462. The van der Waals surface area contributed by atoms with Crippen molar-refractivity contribution in [3.05, 3.63) is 29.1 Å². The smallest absolute Gasteiger partial charge is 0.256 e. The van der Waals surface area contributed by atoms with Gasteiger partial charge in [0.25, 0.3) is 5.91 Å². The molecular weight excluding hydrogens is 219 g/mol. The number of anilines is 1. The zero-order chi connectivity index (χ0) is 12.6. The second-order valence-electron chi connectivity index (χ2n) is 4.70. The molecule has 1 fully saturated rings. The molecule has 0 unspecified atom stereocenters. The molecule has 92 valence electrons. The summed E-state index contributed by atoms with van der Waals surface area (Å²) >= 11 is 0. The van der Waals surface area contributed by atoms with Gasteiger partial charge in [-0.2, -0.15) is 0 Å². The van der Waals surface area contributed by atoms with Gasteiger partial charge in [0, 0.05) is 18.8 Å². The Hall–Kier alpha value is -1.58. The molecular formula is C13H17FN2O. The van der Waals surface area contributed by atoms with Crippen molar-refractivity contribution in [3.63, 3.8) is 0 Å². The van der Waals surface area contributed by atoms with E-state index >= 15 is 0 Å². The molecule has 1 aliphatic rings. The van der Waals surface area contributed by atoms with E-state index in [-0.39, 0.29) is 17.5 Å². The van der Waals surface area contributed by atoms with Gasteiger partial charge in [0.05, 0.1) is 5.56 Å². The van der Waals surface area contributed by atoms with Crippen LogP contribution in [-0.2, 0) is 0 Å². The minimum Gasteiger partial charge on any atom is -0.399 e. The average molecular weight is 236 g/mol. The third kappa shape index (κ3) is 2.12. The number of halogens is 1. The maximum Gasteiger partial charge on any atom is 0.256 e. The maximum absolute atomic E-state index is 13.9. The number of hydrogen-bond donors (Lipinski definition) is 1. The summed E-state index contributed by atoms with van der Waals surface area (Å²) in [7, 11) is 1.73. The number of carbonyl (C=O) groups is 1. The molecule has 17 heavy (non-hydrogen) atoms. The number of carbonyl (C=O) groups excluding carboxylic acids is 1. The predicted octanol–water partition coefficient (Wildman–Crippen LogP) is 2.34. The number of nitrogen functional groups attached to an aromatic ring is 1. The predicted molar refractivity (Wildman–Crippen MR) is 65.3 cm³/mol. The van der Waals surface area contributed by atoms with Crippen molar-refractivity contribution in [1.82, 2.24) is 4.90 Å². The Morgan fingerprint density at radius 2 is 2.12 bits per heavy atom. The molecule has 3 nitrogen and oxygen atoms in total. The molecule has 0 saturated heterocycles. The van der Waals surface area contributed by atoms with Crippen molar-refractivity contribution in [3.8, 4) is 0 Å². The summed E-state index contributed by atoms with van der Waals surface area (Å²) in [5.74, 6) is -0.738. The molecule has 1 aromatic carbocycles. The van der Waals surface area contributed by atoms with E-state index < -0.39 is 5.82 Å². The molecule has 0 spiro atoms. The Labute approximate surface area is 100 Å². The zero-order valence-electron chi connectivity index (χ0n) is 10.2. The zero-order valence-corrected chi connectivity index (χ0v) is 10.2. The van der Waals surface area contributed by atoms with Crippen LogP contribution in [-0.4, -0.2) is 23.9 Å². The van der Waals surface area contributed by atoms with Crippen LogP contribution in [0.2, 0.25) is 0 Å². The normalized spacial score (nSPS) is 15.5. The number of amides is 1. The van der Waals surface area contributed by atoms with E-state index in [4.69, 9.17) is 5.73 Å². The first-order chi connectivity index (χ1) is 8.00. The van der Waals surface area contributed by atoms with Crippen molar-refractivity contribution in [1.29, 1.82) is 0 Å². The van der Waals surface area contributed by atoms with Gasteiger partial charge in [-0.25, -0.2) is 4.39 Å². The highest BCUT2D eigenvalue weighted by Gasteiger charge is 2.28. The van der Waals surface area contributed by atoms with Crippen LogP contribution in [0.1, 0.15) is 35.2 Å². The first-order valence-electron chi connectivity index (χ1n) is 5.83. The van der Waals surface area contributed by atoms with Gasteiger partial charge in [0.15, 0.2) is 0 Å². The monoisotopic (exact) mass is 236 g/mol. The highest BCUT2D eigenvalue weighted by Crippen LogP contribution is 2.26. The van der Waals surface area contributed by atoms with Gasteiger partial charge in [0.1, 0.15) is 5.82 Å². The van der Waals surface area contributed by atoms with Gasteiger partial charge in [-0.05, 0) is 43.9 Å². The molecule has 0 aromatic heterocycles. The lowest BCUT2D eigenvalue weighted by Crippen LogP contribution is -2.41. The quantitative estimate of drug-likeness (QED) is 0.801. The molecule has 2 rings (SSSR count).